The molecule has 0 radical (unpaired) electrons. The zero-order valence-electron chi connectivity index (χ0n) is 12.3. The van der Waals surface area contributed by atoms with Gasteiger partial charge in [0, 0.05) is 31.7 Å². The second kappa shape index (κ2) is 6.85. The predicted octanol–water partition coefficient (Wildman–Crippen LogP) is 1.76. The van der Waals surface area contributed by atoms with Gasteiger partial charge in [0.1, 0.15) is 6.26 Å². The van der Waals surface area contributed by atoms with Crippen LogP contribution in [0, 0.1) is 0 Å². The van der Waals surface area contributed by atoms with Gasteiger partial charge >= 0.3 is 0 Å². The summed E-state index contributed by atoms with van der Waals surface area (Å²) in [4.78, 5) is 6.76. The summed E-state index contributed by atoms with van der Waals surface area (Å²) in [6, 6.07) is 9.96. The summed E-state index contributed by atoms with van der Waals surface area (Å²) < 4.78 is 11.3. The number of oxazole rings is 1. The number of hydrogen-bond acceptors (Lipinski definition) is 5. The first-order chi connectivity index (χ1) is 10.3. The first-order valence-corrected chi connectivity index (χ1v) is 7.32. The lowest BCUT2D eigenvalue weighted by Gasteiger charge is -2.27. The molecule has 3 rings (SSSR count). The summed E-state index contributed by atoms with van der Waals surface area (Å²) in [6.07, 6.45) is 1.99. The van der Waals surface area contributed by atoms with Gasteiger partial charge in [0.05, 0.1) is 18.4 Å². The Balaban J connectivity index is 1.56. The maximum Gasteiger partial charge on any atom is 0.226 e. The number of ether oxygens (including phenoxy) is 1. The van der Waals surface area contributed by atoms with Crippen LogP contribution in [0.3, 0.4) is 0 Å². The van der Waals surface area contributed by atoms with Gasteiger partial charge in [0.25, 0.3) is 0 Å². The first-order valence-electron chi connectivity index (χ1n) is 7.32. The molecule has 2 heterocycles. The monoisotopic (exact) mass is 287 g/mol. The lowest BCUT2D eigenvalue weighted by atomic mass is 10.2. The Bertz CT molecular complexity index is 550. The Hall–Kier alpha value is -1.69. The maximum atomic E-state index is 5.71. The number of likely N-dealkylation sites (N-methyl/N-ethyl adjacent to an activating group) is 1. The smallest absolute Gasteiger partial charge is 0.226 e. The standard InChI is InChI=1S/C16H21N3O2/c1-19(11-15-9-17-7-8-20-15)10-14-12-21-16(18-14)13-5-3-2-4-6-13/h2-6,12,15,17H,7-11H2,1H3. The minimum absolute atomic E-state index is 0.254. The Morgan fingerprint density at radius 1 is 1.33 bits per heavy atom. The van der Waals surface area contributed by atoms with Gasteiger partial charge in [-0.05, 0) is 19.2 Å². The first kappa shape index (κ1) is 14.3. The van der Waals surface area contributed by atoms with Gasteiger partial charge in [0.15, 0.2) is 0 Å². The van der Waals surface area contributed by atoms with Gasteiger partial charge in [-0.1, -0.05) is 18.2 Å². The van der Waals surface area contributed by atoms with Gasteiger partial charge in [-0.2, -0.15) is 0 Å². The molecule has 1 saturated heterocycles. The van der Waals surface area contributed by atoms with Gasteiger partial charge in [0.2, 0.25) is 5.89 Å². The van der Waals surface area contributed by atoms with Crippen molar-refractivity contribution in [1.29, 1.82) is 0 Å². The molecule has 5 heteroatoms. The van der Waals surface area contributed by atoms with Crippen LogP contribution in [0.15, 0.2) is 41.0 Å². The third kappa shape index (κ3) is 3.91. The highest BCUT2D eigenvalue weighted by molar-refractivity contribution is 5.52. The molecule has 2 aromatic rings. The van der Waals surface area contributed by atoms with E-state index in [0.717, 1.165) is 44.0 Å². The number of nitrogens with zero attached hydrogens (tertiary/aromatic N) is 2. The van der Waals surface area contributed by atoms with Crippen molar-refractivity contribution < 1.29 is 9.15 Å². The summed E-state index contributed by atoms with van der Waals surface area (Å²) in [5, 5.41) is 3.34. The number of rotatable bonds is 5. The van der Waals surface area contributed by atoms with Crippen LogP contribution in [0.2, 0.25) is 0 Å². The molecule has 1 fully saturated rings. The lowest BCUT2D eigenvalue weighted by molar-refractivity contribution is 0.00867. The van der Waals surface area contributed by atoms with Gasteiger partial charge in [-0.25, -0.2) is 4.98 Å². The topological polar surface area (TPSA) is 50.5 Å². The molecule has 1 aromatic carbocycles. The third-order valence-corrected chi connectivity index (χ3v) is 3.52. The minimum Gasteiger partial charge on any atom is -0.444 e. The molecule has 0 amide bonds. The molecule has 21 heavy (non-hydrogen) atoms. The molecule has 0 saturated carbocycles. The fourth-order valence-corrected chi connectivity index (χ4v) is 2.52. The highest BCUT2D eigenvalue weighted by Crippen LogP contribution is 2.18. The molecule has 0 bridgehead atoms. The molecule has 1 atom stereocenters. The van der Waals surface area contributed by atoms with E-state index in [1.165, 1.54) is 0 Å². The molecule has 1 aromatic heterocycles. The molecule has 1 aliphatic heterocycles. The van der Waals surface area contributed by atoms with Crippen molar-refractivity contribution >= 4 is 0 Å². The normalized spacial score (nSPS) is 19.0. The molecular weight excluding hydrogens is 266 g/mol. The second-order valence-electron chi connectivity index (χ2n) is 5.40. The van der Waals surface area contributed by atoms with E-state index in [-0.39, 0.29) is 6.10 Å². The summed E-state index contributed by atoms with van der Waals surface area (Å²) >= 11 is 0. The van der Waals surface area contributed by atoms with Gasteiger partial charge in [-0.15, -0.1) is 0 Å². The molecule has 0 aliphatic carbocycles. The molecular formula is C16H21N3O2. The average Bonchev–Trinajstić information content (AvgIpc) is 2.97. The number of benzene rings is 1. The van der Waals surface area contributed by atoms with E-state index >= 15 is 0 Å². The fraction of sp³-hybridized carbons (Fsp3) is 0.438. The minimum atomic E-state index is 0.254. The van der Waals surface area contributed by atoms with E-state index < -0.39 is 0 Å². The fourth-order valence-electron chi connectivity index (χ4n) is 2.52. The summed E-state index contributed by atoms with van der Waals surface area (Å²) in [5.41, 5.74) is 1.95. The zero-order chi connectivity index (χ0) is 14.5. The van der Waals surface area contributed by atoms with Crippen LogP contribution in [-0.2, 0) is 11.3 Å². The molecule has 0 spiro atoms. The van der Waals surface area contributed by atoms with Gasteiger partial charge < -0.3 is 14.5 Å². The largest absolute Gasteiger partial charge is 0.444 e. The zero-order valence-corrected chi connectivity index (χ0v) is 12.3. The second-order valence-corrected chi connectivity index (χ2v) is 5.40. The van der Waals surface area contributed by atoms with Crippen LogP contribution in [0.1, 0.15) is 5.69 Å². The highest BCUT2D eigenvalue weighted by Gasteiger charge is 2.16. The predicted molar refractivity (Wildman–Crippen MR) is 80.9 cm³/mol. The van der Waals surface area contributed by atoms with Crippen molar-refractivity contribution in [2.75, 3.05) is 33.3 Å². The molecule has 112 valence electrons. The summed E-state index contributed by atoms with van der Waals surface area (Å²) in [7, 11) is 2.08. The van der Waals surface area contributed by atoms with Crippen molar-refractivity contribution in [3.05, 3.63) is 42.3 Å². The Morgan fingerprint density at radius 2 is 2.19 bits per heavy atom. The Labute approximate surface area is 124 Å². The summed E-state index contributed by atoms with van der Waals surface area (Å²) in [5.74, 6) is 0.676. The quantitative estimate of drug-likeness (QED) is 0.908. The van der Waals surface area contributed by atoms with E-state index in [9.17, 15) is 0 Å². The number of aromatic nitrogens is 1. The van der Waals surface area contributed by atoms with Crippen molar-refractivity contribution in [1.82, 2.24) is 15.2 Å². The Morgan fingerprint density at radius 3 is 2.95 bits per heavy atom. The van der Waals surface area contributed by atoms with Gasteiger partial charge in [-0.3, -0.25) is 4.90 Å². The van der Waals surface area contributed by atoms with Crippen LogP contribution in [0.5, 0.6) is 0 Å². The third-order valence-electron chi connectivity index (χ3n) is 3.52. The number of morpholine rings is 1. The van der Waals surface area contributed by atoms with E-state index in [4.69, 9.17) is 9.15 Å². The lowest BCUT2D eigenvalue weighted by Crippen LogP contribution is -2.44. The van der Waals surface area contributed by atoms with E-state index in [1.807, 2.05) is 30.3 Å². The van der Waals surface area contributed by atoms with E-state index in [2.05, 4.69) is 22.2 Å². The van der Waals surface area contributed by atoms with Crippen molar-refractivity contribution in [3.8, 4) is 11.5 Å². The van der Waals surface area contributed by atoms with Crippen LogP contribution >= 0.6 is 0 Å². The number of nitrogens with one attached hydrogen (secondary N) is 1. The average molecular weight is 287 g/mol. The molecule has 1 N–H and O–H groups in total. The van der Waals surface area contributed by atoms with Crippen LogP contribution in [-0.4, -0.2) is 49.3 Å². The van der Waals surface area contributed by atoms with Crippen LogP contribution < -0.4 is 5.32 Å². The van der Waals surface area contributed by atoms with E-state index in [0.29, 0.717) is 5.89 Å². The highest BCUT2D eigenvalue weighted by atomic mass is 16.5. The molecule has 1 unspecified atom stereocenters. The van der Waals surface area contributed by atoms with E-state index in [1.54, 1.807) is 6.26 Å². The summed E-state index contributed by atoms with van der Waals surface area (Å²) in [6.45, 7) is 4.31. The van der Waals surface area contributed by atoms with Crippen molar-refractivity contribution in [2.45, 2.75) is 12.6 Å². The van der Waals surface area contributed by atoms with Crippen molar-refractivity contribution in [2.24, 2.45) is 0 Å². The Kier molecular flexibility index (Phi) is 4.65. The maximum absolute atomic E-state index is 5.71. The molecule has 5 nitrogen and oxygen atoms in total. The van der Waals surface area contributed by atoms with Crippen molar-refractivity contribution in [3.63, 3.8) is 0 Å². The number of hydrogen-bond donors (Lipinski definition) is 1. The molecule has 1 aliphatic rings. The SMILES string of the molecule is CN(Cc1coc(-c2ccccc2)n1)CC1CNCCO1. The van der Waals surface area contributed by atoms with Crippen LogP contribution in [0.25, 0.3) is 11.5 Å². The van der Waals surface area contributed by atoms with Crippen LogP contribution in [0.4, 0.5) is 0 Å².